The van der Waals surface area contributed by atoms with Crippen molar-refractivity contribution in [1.29, 1.82) is 0 Å². The highest BCUT2D eigenvalue weighted by atomic mass is 16.5. The second-order valence-electron chi connectivity index (χ2n) is 4.56. The maximum Gasteiger partial charge on any atom is 0.231 e. The summed E-state index contributed by atoms with van der Waals surface area (Å²) in [5, 5.41) is 17.5. The molecule has 3 aromatic heterocycles. The number of methoxy groups -OCH3 is 1. The zero-order valence-electron chi connectivity index (χ0n) is 12.0. The molecule has 1 aromatic carbocycles. The van der Waals surface area contributed by atoms with E-state index in [9.17, 15) is 0 Å². The van der Waals surface area contributed by atoms with Crippen LogP contribution in [0.2, 0.25) is 0 Å². The van der Waals surface area contributed by atoms with Crippen LogP contribution in [0.3, 0.4) is 0 Å². The van der Waals surface area contributed by atoms with E-state index in [-0.39, 0.29) is 0 Å². The van der Waals surface area contributed by atoms with Crippen molar-refractivity contribution in [2.75, 3.05) is 12.4 Å². The van der Waals surface area contributed by atoms with Gasteiger partial charge in [0.2, 0.25) is 11.9 Å². The van der Waals surface area contributed by atoms with Crippen molar-refractivity contribution >= 4 is 23.1 Å². The Hall–Kier alpha value is -3.56. The van der Waals surface area contributed by atoms with E-state index in [0.29, 0.717) is 23.1 Å². The lowest BCUT2D eigenvalue weighted by Gasteiger charge is -2.04. The molecule has 2 N–H and O–H groups in total. The van der Waals surface area contributed by atoms with Crippen molar-refractivity contribution in [1.82, 2.24) is 40.1 Å². The van der Waals surface area contributed by atoms with Gasteiger partial charge in [-0.05, 0) is 24.3 Å². The predicted molar refractivity (Wildman–Crippen MR) is 80.7 cm³/mol. The fraction of sp³-hybridized carbons (Fsp3) is 0.0769. The maximum absolute atomic E-state index is 5.15. The number of nitrogens with zero attached hydrogens (tertiary/aromatic N) is 7. The molecule has 0 aliphatic carbocycles. The normalized spacial score (nSPS) is 10.8. The topological polar surface area (TPSA) is 119 Å². The number of nitrogens with one attached hydrogen (secondary N) is 2. The van der Waals surface area contributed by atoms with Crippen LogP contribution in [0.1, 0.15) is 0 Å². The van der Waals surface area contributed by atoms with Gasteiger partial charge in [-0.1, -0.05) is 5.21 Å². The first kappa shape index (κ1) is 13.1. The molecular formula is C13H11N9O. The first-order valence-corrected chi connectivity index (χ1v) is 6.69. The van der Waals surface area contributed by atoms with Gasteiger partial charge in [0, 0.05) is 0 Å². The van der Waals surface area contributed by atoms with E-state index in [0.717, 1.165) is 11.4 Å². The van der Waals surface area contributed by atoms with Crippen molar-refractivity contribution < 1.29 is 4.74 Å². The molecule has 4 rings (SSSR count). The number of benzene rings is 1. The molecule has 0 aliphatic heterocycles. The fourth-order valence-electron chi connectivity index (χ4n) is 2.06. The molecule has 4 aromatic rings. The molecule has 114 valence electrons. The molecule has 10 heteroatoms. The third-order valence-corrected chi connectivity index (χ3v) is 3.15. The van der Waals surface area contributed by atoms with Crippen LogP contribution in [0.25, 0.3) is 16.9 Å². The summed E-state index contributed by atoms with van der Waals surface area (Å²) in [7, 11) is 1.62. The number of H-pyrrole nitrogens is 1. The number of aromatic amines is 1. The Morgan fingerprint density at radius 1 is 1.17 bits per heavy atom. The predicted octanol–water partition coefficient (Wildman–Crippen LogP) is 1.08. The summed E-state index contributed by atoms with van der Waals surface area (Å²) >= 11 is 0. The van der Waals surface area contributed by atoms with E-state index >= 15 is 0 Å². The van der Waals surface area contributed by atoms with Crippen LogP contribution in [0.5, 0.6) is 5.75 Å². The molecule has 0 fully saturated rings. The monoisotopic (exact) mass is 309 g/mol. The Kier molecular flexibility index (Phi) is 3.04. The second-order valence-corrected chi connectivity index (χ2v) is 4.56. The molecular weight excluding hydrogens is 298 g/mol. The van der Waals surface area contributed by atoms with Crippen LogP contribution in [-0.4, -0.2) is 47.3 Å². The van der Waals surface area contributed by atoms with Gasteiger partial charge in [-0.2, -0.15) is 19.7 Å². The lowest BCUT2D eigenvalue weighted by molar-refractivity contribution is 0.414. The van der Waals surface area contributed by atoms with Crippen LogP contribution < -0.4 is 10.1 Å². The number of aromatic nitrogens is 8. The van der Waals surface area contributed by atoms with Crippen LogP contribution >= 0.6 is 0 Å². The number of fused-ring (bicyclic) bond motifs is 1. The Labute approximate surface area is 129 Å². The summed E-state index contributed by atoms with van der Waals surface area (Å²) < 4.78 is 6.78. The molecule has 10 nitrogen and oxygen atoms in total. The number of hydrogen-bond donors (Lipinski definition) is 2. The number of hydrogen-bond acceptors (Lipinski definition) is 8. The third-order valence-electron chi connectivity index (χ3n) is 3.15. The molecule has 0 bridgehead atoms. The summed E-state index contributed by atoms with van der Waals surface area (Å²) in [5.41, 5.74) is 1.98. The lowest BCUT2D eigenvalue weighted by atomic mass is 10.3. The van der Waals surface area contributed by atoms with Crippen LogP contribution in [0.15, 0.2) is 36.8 Å². The smallest absolute Gasteiger partial charge is 0.231 e. The SMILES string of the molecule is COc1ccc(-n2nnc3cnc(Nc4ncn[nH]4)nc32)cc1. The van der Waals surface area contributed by atoms with Gasteiger partial charge in [-0.25, -0.2) is 10.1 Å². The number of anilines is 2. The molecule has 0 saturated heterocycles. The highest BCUT2D eigenvalue weighted by Crippen LogP contribution is 2.18. The minimum absolute atomic E-state index is 0.367. The summed E-state index contributed by atoms with van der Waals surface area (Å²) in [5.74, 6) is 1.58. The molecule has 23 heavy (non-hydrogen) atoms. The molecule has 0 atom stereocenters. The van der Waals surface area contributed by atoms with Crippen molar-refractivity contribution in [3.63, 3.8) is 0 Å². The standard InChI is InChI=1S/C13H11N9O/c1-23-9-4-2-8(3-5-9)22-11-10(19-21-22)6-14-12(17-11)18-13-15-7-16-20-13/h2-7H,1H3,(H2,14,15,16,17,18,20). The molecule has 0 amide bonds. The summed E-state index contributed by atoms with van der Waals surface area (Å²) in [4.78, 5) is 12.6. The van der Waals surface area contributed by atoms with Crippen molar-refractivity contribution in [3.05, 3.63) is 36.8 Å². The average molecular weight is 309 g/mol. The Bertz CT molecular complexity index is 930. The molecule has 0 spiro atoms. The van der Waals surface area contributed by atoms with E-state index in [4.69, 9.17) is 4.74 Å². The van der Waals surface area contributed by atoms with Gasteiger partial charge >= 0.3 is 0 Å². The van der Waals surface area contributed by atoms with E-state index in [1.165, 1.54) is 6.33 Å². The number of ether oxygens (including phenoxy) is 1. The Morgan fingerprint density at radius 3 is 2.78 bits per heavy atom. The molecule has 0 saturated carbocycles. The Morgan fingerprint density at radius 2 is 2.04 bits per heavy atom. The summed E-state index contributed by atoms with van der Waals surface area (Å²) in [6, 6.07) is 7.44. The van der Waals surface area contributed by atoms with Crippen molar-refractivity contribution in [2.24, 2.45) is 0 Å². The minimum Gasteiger partial charge on any atom is -0.497 e. The third kappa shape index (κ3) is 2.41. The van der Waals surface area contributed by atoms with E-state index < -0.39 is 0 Å². The van der Waals surface area contributed by atoms with Gasteiger partial charge in [0.25, 0.3) is 0 Å². The second kappa shape index (κ2) is 5.33. The van der Waals surface area contributed by atoms with Gasteiger partial charge in [-0.15, -0.1) is 5.10 Å². The molecule has 0 unspecified atom stereocenters. The van der Waals surface area contributed by atoms with Crippen LogP contribution in [0.4, 0.5) is 11.9 Å². The van der Waals surface area contributed by atoms with Crippen LogP contribution in [0, 0.1) is 0 Å². The van der Waals surface area contributed by atoms with Gasteiger partial charge in [-0.3, -0.25) is 5.32 Å². The van der Waals surface area contributed by atoms with Gasteiger partial charge < -0.3 is 4.74 Å². The first-order chi connectivity index (χ1) is 11.3. The zero-order chi connectivity index (χ0) is 15.6. The van der Waals surface area contributed by atoms with Crippen LogP contribution in [-0.2, 0) is 0 Å². The van der Waals surface area contributed by atoms with E-state index in [2.05, 4.69) is 40.8 Å². The minimum atomic E-state index is 0.367. The number of rotatable bonds is 4. The first-order valence-electron chi connectivity index (χ1n) is 6.69. The summed E-state index contributed by atoms with van der Waals surface area (Å²) in [6.07, 6.45) is 2.98. The van der Waals surface area contributed by atoms with Crippen molar-refractivity contribution in [2.45, 2.75) is 0 Å². The average Bonchev–Trinajstić information content (AvgIpc) is 3.24. The van der Waals surface area contributed by atoms with Gasteiger partial charge in [0.05, 0.1) is 19.0 Å². The van der Waals surface area contributed by atoms with Crippen molar-refractivity contribution in [3.8, 4) is 11.4 Å². The zero-order valence-corrected chi connectivity index (χ0v) is 12.0. The highest BCUT2D eigenvalue weighted by Gasteiger charge is 2.11. The highest BCUT2D eigenvalue weighted by molar-refractivity contribution is 5.72. The van der Waals surface area contributed by atoms with Gasteiger partial charge in [0.1, 0.15) is 12.1 Å². The lowest BCUT2D eigenvalue weighted by Crippen LogP contribution is -2.02. The largest absolute Gasteiger partial charge is 0.497 e. The maximum atomic E-state index is 5.15. The fourth-order valence-corrected chi connectivity index (χ4v) is 2.06. The van der Waals surface area contributed by atoms with Gasteiger partial charge in [0.15, 0.2) is 11.2 Å². The molecule has 0 aliphatic rings. The van der Waals surface area contributed by atoms with E-state index in [1.54, 1.807) is 18.0 Å². The Balaban J connectivity index is 1.74. The molecule has 0 radical (unpaired) electrons. The summed E-state index contributed by atoms with van der Waals surface area (Å²) in [6.45, 7) is 0. The van der Waals surface area contributed by atoms with E-state index in [1.807, 2.05) is 24.3 Å². The molecule has 3 heterocycles. The quantitative estimate of drug-likeness (QED) is 0.574.